The first kappa shape index (κ1) is 8.78. The molecule has 0 aromatic carbocycles. The van der Waals surface area contributed by atoms with E-state index in [0.717, 1.165) is 31.2 Å². The van der Waals surface area contributed by atoms with Crippen LogP contribution >= 0.6 is 0 Å². The van der Waals surface area contributed by atoms with Crippen LogP contribution < -0.4 is 5.32 Å². The second-order valence-corrected chi connectivity index (χ2v) is 3.65. The van der Waals surface area contributed by atoms with Gasteiger partial charge in [0.1, 0.15) is 11.5 Å². The number of rotatable bonds is 1. The topological polar surface area (TPSA) is 28.4 Å². The lowest BCUT2D eigenvalue weighted by atomic mass is 10.1. The van der Waals surface area contributed by atoms with Gasteiger partial charge in [0.25, 0.3) is 0 Å². The first-order chi connectivity index (χ1) is 6.27. The van der Waals surface area contributed by atoms with Gasteiger partial charge in [-0.2, -0.15) is 0 Å². The molecule has 0 bridgehead atoms. The summed E-state index contributed by atoms with van der Waals surface area (Å²) in [6, 6.07) is 4.50. The Morgan fingerprint density at radius 3 is 3.00 bits per heavy atom. The number of aryl methyl sites for hydroxylation is 1. The molecule has 1 aliphatic heterocycles. The highest BCUT2D eigenvalue weighted by molar-refractivity contribution is 5.11. The third-order valence-electron chi connectivity index (χ3n) is 2.60. The predicted molar refractivity (Wildman–Crippen MR) is 51.7 cm³/mol. The summed E-state index contributed by atoms with van der Waals surface area (Å²) < 4.78 is 5.61. The number of hydrogen-bond acceptors (Lipinski definition) is 3. The Bertz CT molecular complexity index is 282. The summed E-state index contributed by atoms with van der Waals surface area (Å²) in [4.78, 5) is 2.33. The minimum absolute atomic E-state index is 0.405. The molecule has 13 heavy (non-hydrogen) atoms. The van der Waals surface area contributed by atoms with E-state index in [4.69, 9.17) is 4.42 Å². The van der Waals surface area contributed by atoms with Gasteiger partial charge in [0.2, 0.25) is 0 Å². The summed E-state index contributed by atoms with van der Waals surface area (Å²) in [7, 11) is 2.14. The normalized spacial score (nSPS) is 24.9. The van der Waals surface area contributed by atoms with Crippen LogP contribution in [0.25, 0.3) is 0 Å². The molecule has 0 aliphatic carbocycles. The predicted octanol–water partition coefficient (Wildman–Crippen LogP) is 1.16. The minimum Gasteiger partial charge on any atom is -0.465 e. The van der Waals surface area contributed by atoms with Gasteiger partial charge in [0.05, 0.1) is 6.04 Å². The van der Waals surface area contributed by atoms with E-state index in [1.165, 1.54) is 0 Å². The van der Waals surface area contributed by atoms with Gasteiger partial charge >= 0.3 is 0 Å². The molecule has 2 heterocycles. The molecule has 0 spiro atoms. The summed E-state index contributed by atoms with van der Waals surface area (Å²) in [5, 5.41) is 3.37. The highest BCUT2D eigenvalue weighted by Gasteiger charge is 2.22. The lowest BCUT2D eigenvalue weighted by Gasteiger charge is -2.31. The molecule has 1 N–H and O–H groups in total. The molecule has 0 saturated carbocycles. The molecule has 1 aromatic heterocycles. The van der Waals surface area contributed by atoms with Crippen LogP contribution in [0.4, 0.5) is 0 Å². The third kappa shape index (κ3) is 1.76. The molecule has 72 valence electrons. The highest BCUT2D eigenvalue weighted by atomic mass is 16.3. The van der Waals surface area contributed by atoms with Crippen LogP contribution in [0.2, 0.25) is 0 Å². The zero-order valence-corrected chi connectivity index (χ0v) is 8.21. The zero-order chi connectivity index (χ0) is 9.26. The van der Waals surface area contributed by atoms with Crippen molar-refractivity contribution in [3.05, 3.63) is 23.7 Å². The van der Waals surface area contributed by atoms with E-state index in [1.54, 1.807) is 0 Å². The smallest absolute Gasteiger partial charge is 0.122 e. The van der Waals surface area contributed by atoms with Gasteiger partial charge in [0, 0.05) is 19.6 Å². The Morgan fingerprint density at radius 1 is 1.54 bits per heavy atom. The van der Waals surface area contributed by atoms with Gasteiger partial charge < -0.3 is 9.73 Å². The van der Waals surface area contributed by atoms with Crippen molar-refractivity contribution < 1.29 is 4.42 Å². The first-order valence-corrected chi connectivity index (χ1v) is 4.74. The quantitative estimate of drug-likeness (QED) is 0.703. The zero-order valence-electron chi connectivity index (χ0n) is 8.21. The average molecular weight is 180 g/mol. The molecule has 1 unspecified atom stereocenters. The van der Waals surface area contributed by atoms with Crippen LogP contribution in [0.5, 0.6) is 0 Å². The summed E-state index contributed by atoms with van der Waals surface area (Å²) >= 11 is 0. The van der Waals surface area contributed by atoms with E-state index in [1.807, 2.05) is 13.0 Å². The monoisotopic (exact) mass is 180 g/mol. The van der Waals surface area contributed by atoms with E-state index >= 15 is 0 Å². The van der Waals surface area contributed by atoms with E-state index in [-0.39, 0.29) is 0 Å². The van der Waals surface area contributed by atoms with E-state index in [2.05, 4.69) is 23.3 Å². The maximum atomic E-state index is 5.61. The van der Waals surface area contributed by atoms with Crippen molar-refractivity contribution in [1.29, 1.82) is 0 Å². The van der Waals surface area contributed by atoms with Gasteiger partial charge in [-0.15, -0.1) is 0 Å². The lowest BCUT2D eigenvalue weighted by Crippen LogP contribution is -2.43. The van der Waals surface area contributed by atoms with Gasteiger partial charge in [-0.25, -0.2) is 0 Å². The minimum atomic E-state index is 0.405. The number of piperazine rings is 1. The summed E-state index contributed by atoms with van der Waals surface area (Å²) in [5.41, 5.74) is 0. The number of nitrogens with one attached hydrogen (secondary N) is 1. The summed E-state index contributed by atoms with van der Waals surface area (Å²) in [5.74, 6) is 2.07. The molecule has 2 rings (SSSR count). The van der Waals surface area contributed by atoms with Crippen molar-refractivity contribution in [3.63, 3.8) is 0 Å². The molecule has 1 aliphatic rings. The van der Waals surface area contributed by atoms with E-state index in [0.29, 0.717) is 6.04 Å². The second kappa shape index (κ2) is 3.52. The fraction of sp³-hybridized carbons (Fsp3) is 0.600. The summed E-state index contributed by atoms with van der Waals surface area (Å²) in [6.45, 7) is 5.14. The van der Waals surface area contributed by atoms with Crippen LogP contribution in [0.1, 0.15) is 17.6 Å². The van der Waals surface area contributed by atoms with Gasteiger partial charge in [-0.1, -0.05) is 0 Å². The fourth-order valence-corrected chi connectivity index (χ4v) is 1.76. The van der Waals surface area contributed by atoms with Gasteiger partial charge in [-0.3, -0.25) is 4.90 Å². The van der Waals surface area contributed by atoms with Crippen molar-refractivity contribution in [2.45, 2.75) is 13.0 Å². The van der Waals surface area contributed by atoms with Crippen molar-refractivity contribution in [2.75, 3.05) is 26.7 Å². The second-order valence-electron chi connectivity index (χ2n) is 3.65. The third-order valence-corrected chi connectivity index (χ3v) is 2.60. The maximum Gasteiger partial charge on any atom is 0.122 e. The summed E-state index contributed by atoms with van der Waals surface area (Å²) in [6.07, 6.45) is 0. The molecular weight excluding hydrogens is 164 g/mol. The average Bonchev–Trinajstić information content (AvgIpc) is 2.53. The molecular formula is C10H16N2O. The molecule has 3 nitrogen and oxygen atoms in total. The van der Waals surface area contributed by atoms with Crippen LogP contribution in [0.15, 0.2) is 16.5 Å². The van der Waals surface area contributed by atoms with Crippen LogP contribution in [0, 0.1) is 6.92 Å². The standard InChI is InChI=1S/C10H16N2O/c1-8-3-4-10(13-8)9-7-11-5-6-12(9)2/h3-4,9,11H,5-7H2,1-2H3. The Kier molecular flexibility index (Phi) is 2.38. The van der Waals surface area contributed by atoms with Crippen molar-refractivity contribution in [2.24, 2.45) is 0 Å². The Labute approximate surface area is 78.7 Å². The number of furan rings is 1. The molecule has 0 radical (unpaired) electrons. The molecule has 3 heteroatoms. The Morgan fingerprint density at radius 2 is 2.38 bits per heavy atom. The number of hydrogen-bond donors (Lipinski definition) is 1. The lowest BCUT2D eigenvalue weighted by molar-refractivity contribution is 0.177. The molecule has 1 fully saturated rings. The Balaban J connectivity index is 2.14. The van der Waals surface area contributed by atoms with Crippen LogP contribution in [0.3, 0.4) is 0 Å². The van der Waals surface area contributed by atoms with Gasteiger partial charge in [0.15, 0.2) is 0 Å². The van der Waals surface area contributed by atoms with Crippen molar-refractivity contribution in [3.8, 4) is 0 Å². The van der Waals surface area contributed by atoms with Crippen molar-refractivity contribution >= 4 is 0 Å². The molecule has 0 amide bonds. The van der Waals surface area contributed by atoms with E-state index < -0.39 is 0 Å². The SMILES string of the molecule is Cc1ccc(C2CNCCN2C)o1. The fourth-order valence-electron chi connectivity index (χ4n) is 1.76. The Hall–Kier alpha value is -0.800. The largest absolute Gasteiger partial charge is 0.465 e. The van der Waals surface area contributed by atoms with Gasteiger partial charge in [-0.05, 0) is 26.1 Å². The van der Waals surface area contributed by atoms with Crippen LogP contribution in [-0.4, -0.2) is 31.6 Å². The molecule has 1 aromatic rings. The first-order valence-electron chi connectivity index (χ1n) is 4.74. The van der Waals surface area contributed by atoms with Crippen molar-refractivity contribution in [1.82, 2.24) is 10.2 Å². The van der Waals surface area contributed by atoms with E-state index in [9.17, 15) is 0 Å². The molecule has 1 saturated heterocycles. The highest BCUT2D eigenvalue weighted by Crippen LogP contribution is 2.22. The maximum absolute atomic E-state index is 5.61. The number of nitrogens with zero attached hydrogens (tertiary/aromatic N) is 1. The molecule has 1 atom stereocenters. The number of likely N-dealkylation sites (N-methyl/N-ethyl adjacent to an activating group) is 1. The van der Waals surface area contributed by atoms with Crippen LogP contribution in [-0.2, 0) is 0 Å².